The van der Waals surface area contributed by atoms with E-state index in [2.05, 4.69) is 72.4 Å². The van der Waals surface area contributed by atoms with Gasteiger partial charge in [-0.3, -0.25) is 19.2 Å². The van der Waals surface area contributed by atoms with Gasteiger partial charge in [-0.2, -0.15) is 0 Å². The monoisotopic (exact) mass is 1250 g/mol. The van der Waals surface area contributed by atoms with Gasteiger partial charge in [-0.15, -0.1) is 0 Å². The number of alkyl halides is 3. The number of halogens is 6. The number of aromatic amines is 2. The number of rotatable bonds is 16. The Morgan fingerprint density at radius 1 is 0.651 bits per heavy atom. The zero-order valence-corrected chi connectivity index (χ0v) is 49.0. The average Bonchev–Trinajstić information content (AvgIpc) is 4.31. The largest absolute Gasteiger partial charge is 0.399 e. The molecule has 0 unspecified atom stereocenters. The molecule has 17 nitrogen and oxygen atoms in total. The molecule has 4 aromatic carbocycles. The second kappa shape index (κ2) is 29.5. The molecule has 83 heavy (non-hydrogen) atoms. The van der Waals surface area contributed by atoms with Gasteiger partial charge >= 0.3 is 0 Å². The number of hydrogen-bond donors (Lipinski definition) is 8. The van der Waals surface area contributed by atoms with E-state index in [1.807, 2.05) is 79.9 Å². The summed E-state index contributed by atoms with van der Waals surface area (Å²) in [6.07, 6.45) is 13.0. The van der Waals surface area contributed by atoms with Gasteiger partial charge < -0.3 is 47.2 Å². The lowest BCUT2D eigenvalue weighted by Gasteiger charge is -2.32. The van der Waals surface area contributed by atoms with Crippen LogP contribution in [-0.2, 0) is 9.59 Å². The topological polar surface area (TPSA) is 241 Å². The van der Waals surface area contributed by atoms with E-state index >= 15 is 0 Å². The van der Waals surface area contributed by atoms with Crippen molar-refractivity contribution in [3.05, 3.63) is 167 Å². The summed E-state index contributed by atoms with van der Waals surface area (Å²) in [5.74, 6) is -0.0874. The molecular weight excluding hydrogens is 1190 g/mol. The molecule has 0 radical (unpaired) electrons. The van der Waals surface area contributed by atoms with Gasteiger partial charge in [0.05, 0.1) is 33.8 Å². The first-order valence-electron chi connectivity index (χ1n) is 26.6. The molecule has 432 valence electrons. The Balaban J connectivity index is 0.000000198. The van der Waals surface area contributed by atoms with Crippen LogP contribution in [0, 0.1) is 0 Å². The van der Waals surface area contributed by atoms with Gasteiger partial charge in [-0.1, -0.05) is 87.7 Å². The SMILES string of the molecule is CN(C)C/C=C/C(=O)Nc1ccc(C(=O)N[C@@H]2C[C@H](F)C[C@H](Nc3ncc(Cl)c(-c4c[nH]c5ccccc45)n3)C2)cc1.Nc1ccc(C(=O)N[C@@H]2C[C@H](F)C[C@H](Nc3ncc(Cl)c(-c4c[nH]c5ccccc45)n3)C2)cc1.O=C(Cl)/C=C/CBr. The third-order valence-electron chi connectivity index (χ3n) is 13.5. The summed E-state index contributed by atoms with van der Waals surface area (Å²) in [6.45, 7) is 0.655. The molecule has 8 aromatic rings. The number of carbonyl (C=O) groups is 4. The van der Waals surface area contributed by atoms with Crippen LogP contribution in [0.15, 0.2) is 146 Å². The number of aromatic nitrogens is 6. The minimum absolute atomic E-state index is 0.222. The zero-order chi connectivity index (χ0) is 59.0. The first-order valence-corrected chi connectivity index (χ1v) is 28.8. The second-order valence-corrected chi connectivity index (χ2v) is 22.0. The van der Waals surface area contributed by atoms with E-state index in [1.165, 1.54) is 18.3 Å². The summed E-state index contributed by atoms with van der Waals surface area (Å²) in [7, 11) is 3.83. The minimum atomic E-state index is -1.10. The lowest BCUT2D eigenvalue weighted by Crippen LogP contribution is -2.45. The van der Waals surface area contributed by atoms with Crippen molar-refractivity contribution in [3.63, 3.8) is 0 Å². The van der Waals surface area contributed by atoms with Crippen molar-refractivity contribution < 1.29 is 28.0 Å². The molecule has 2 aliphatic rings. The van der Waals surface area contributed by atoms with Crippen LogP contribution in [0.25, 0.3) is 44.3 Å². The summed E-state index contributed by atoms with van der Waals surface area (Å²) < 4.78 is 29.3. The first-order chi connectivity index (χ1) is 40.0. The quantitative estimate of drug-likeness (QED) is 0.0195. The van der Waals surface area contributed by atoms with Crippen molar-refractivity contribution in [1.82, 2.24) is 45.4 Å². The summed E-state index contributed by atoms with van der Waals surface area (Å²) in [4.78, 5) is 73.8. The maximum absolute atomic E-state index is 14.8. The highest BCUT2D eigenvalue weighted by Gasteiger charge is 2.32. The maximum atomic E-state index is 14.8. The number of benzene rings is 4. The Morgan fingerprint density at radius 3 is 1.55 bits per heavy atom. The smallest absolute Gasteiger partial charge is 0.251 e. The third-order valence-corrected chi connectivity index (χ3v) is 14.5. The number of nitrogen functional groups attached to an aromatic ring is 1. The fraction of sp³-hybridized carbons (Fsp3) is 0.267. The van der Waals surface area contributed by atoms with Gasteiger partial charge in [0.2, 0.25) is 23.0 Å². The number of hydrogen-bond acceptors (Lipinski definition) is 12. The van der Waals surface area contributed by atoms with Crippen molar-refractivity contribution in [2.45, 2.75) is 75.0 Å². The van der Waals surface area contributed by atoms with Gasteiger partial charge in [-0.05, 0) is 131 Å². The molecule has 9 N–H and O–H groups in total. The Bertz CT molecular complexity index is 3590. The van der Waals surface area contributed by atoms with E-state index in [4.69, 9.17) is 40.5 Å². The van der Waals surface area contributed by atoms with Gasteiger partial charge in [0.25, 0.3) is 11.8 Å². The molecule has 6 atom stereocenters. The van der Waals surface area contributed by atoms with E-state index in [-0.39, 0.29) is 61.2 Å². The number of likely N-dealkylation sites (N-methyl/N-ethyl adjacent to an activating group) is 1. The number of anilines is 4. The Labute approximate surface area is 501 Å². The molecule has 0 saturated heterocycles. The van der Waals surface area contributed by atoms with E-state index in [9.17, 15) is 28.0 Å². The number of carbonyl (C=O) groups excluding carboxylic acids is 4. The normalized spacial score (nSPS) is 18.7. The fourth-order valence-electron chi connectivity index (χ4n) is 9.69. The lowest BCUT2D eigenvalue weighted by molar-refractivity contribution is -0.112. The Hall–Kier alpha value is -7.75. The molecule has 4 heterocycles. The predicted molar refractivity (Wildman–Crippen MR) is 331 cm³/mol. The van der Waals surface area contributed by atoms with Crippen molar-refractivity contribution in [3.8, 4) is 22.5 Å². The number of nitrogens with two attached hydrogens (primary N) is 1. The molecule has 0 bridgehead atoms. The molecular formula is C60H61BrCl3F2N13O4. The molecule has 23 heteroatoms. The van der Waals surface area contributed by atoms with E-state index in [0.717, 1.165) is 32.9 Å². The first kappa shape index (κ1) is 61.3. The van der Waals surface area contributed by atoms with E-state index < -0.39 is 17.6 Å². The molecule has 0 spiro atoms. The average molecular weight is 1250 g/mol. The van der Waals surface area contributed by atoms with Crippen molar-refractivity contribution in [2.75, 3.05) is 47.7 Å². The van der Waals surface area contributed by atoms with Gasteiger partial charge in [0.15, 0.2) is 0 Å². The van der Waals surface area contributed by atoms with Crippen molar-refractivity contribution >= 4 is 119 Å². The lowest BCUT2D eigenvalue weighted by atomic mass is 9.89. The molecule has 0 aliphatic heterocycles. The molecule has 2 saturated carbocycles. The molecule has 10 rings (SSSR count). The number of allylic oxidation sites excluding steroid dienone is 2. The van der Waals surface area contributed by atoms with Crippen LogP contribution in [0.3, 0.4) is 0 Å². The summed E-state index contributed by atoms with van der Waals surface area (Å²) in [5.41, 5.74) is 12.6. The fourth-order valence-corrected chi connectivity index (χ4v) is 10.4. The molecule has 2 aliphatic carbocycles. The van der Waals surface area contributed by atoms with Crippen LogP contribution in [0.2, 0.25) is 10.0 Å². The second-order valence-electron chi connectivity index (χ2n) is 20.1. The van der Waals surface area contributed by atoms with E-state index in [0.29, 0.717) is 87.0 Å². The molecule has 2 fully saturated rings. The highest BCUT2D eigenvalue weighted by Crippen LogP contribution is 2.35. The van der Waals surface area contributed by atoms with Crippen LogP contribution in [0.5, 0.6) is 0 Å². The number of amides is 3. The Morgan fingerprint density at radius 2 is 1.11 bits per heavy atom. The highest BCUT2D eigenvalue weighted by atomic mass is 79.9. The van der Waals surface area contributed by atoms with E-state index in [1.54, 1.807) is 66.9 Å². The van der Waals surface area contributed by atoms with Crippen molar-refractivity contribution in [2.24, 2.45) is 0 Å². The van der Waals surface area contributed by atoms with Crippen molar-refractivity contribution in [1.29, 1.82) is 0 Å². The summed E-state index contributed by atoms with van der Waals surface area (Å²) in [5, 5.41) is 18.2. The van der Waals surface area contributed by atoms with Crippen LogP contribution in [0.4, 0.5) is 32.1 Å². The van der Waals surface area contributed by atoms with Crippen LogP contribution in [0.1, 0.15) is 59.2 Å². The third kappa shape index (κ3) is 17.6. The van der Waals surface area contributed by atoms with Crippen LogP contribution in [-0.4, -0.2) is 120 Å². The Kier molecular flexibility index (Phi) is 21.8. The maximum Gasteiger partial charge on any atom is 0.251 e. The predicted octanol–water partition coefficient (Wildman–Crippen LogP) is 12.1. The van der Waals surface area contributed by atoms with Crippen LogP contribution < -0.4 is 32.3 Å². The molecule has 3 amide bonds. The number of nitrogens with zero attached hydrogens (tertiary/aromatic N) is 5. The minimum Gasteiger partial charge on any atom is -0.399 e. The number of nitrogens with one attached hydrogen (secondary N) is 7. The number of para-hydroxylation sites is 2. The standard InChI is InChI=1S/C31H33ClFN7O2.C25H24ClFN6O.C4H4BrClO/c1-40(2)13-5-8-28(41)36-21-11-9-19(10-12-21)30(42)37-22-14-20(33)15-23(16-22)38-31-35-18-26(32)29(39-31)25-17-34-27-7-4-3-6-24(25)27;26-21-13-30-25(33-23(21)20-12-29-22-4-2-1-3-19(20)22)32-18-10-15(27)9-17(11-18)31-24(34)14-5-7-16(28)8-6-14;5-3-1-2-4(6)7/h3-12,17-18,20,22-23,34H,13-16H2,1-2H3,(H,36,41)(H,37,42)(H,35,38,39);1-8,12-13,15,17-18,29H,9-11,28H2,(H,31,34)(H,30,32,33);1-2H,3H2/b8-5+;;2-1+/t20-,22+,23-;15-,17+,18-;/m00./s1. The summed E-state index contributed by atoms with van der Waals surface area (Å²) >= 11 is 20.9. The molecule has 4 aromatic heterocycles. The van der Waals surface area contributed by atoms with Gasteiger partial charge in [-0.25, -0.2) is 28.7 Å². The highest BCUT2D eigenvalue weighted by molar-refractivity contribution is 9.09. The van der Waals surface area contributed by atoms with Crippen LogP contribution >= 0.6 is 50.7 Å². The summed E-state index contributed by atoms with van der Waals surface area (Å²) in [6, 6.07) is 27.8. The number of fused-ring (bicyclic) bond motifs is 2. The zero-order valence-electron chi connectivity index (χ0n) is 45.2. The number of H-pyrrole nitrogens is 2. The van der Waals surface area contributed by atoms with Gasteiger partial charge in [0.1, 0.15) is 12.3 Å². The van der Waals surface area contributed by atoms with Gasteiger partial charge in [0, 0.05) is 110 Å².